The first-order valence-electron chi connectivity index (χ1n) is 12.8. The van der Waals surface area contributed by atoms with Gasteiger partial charge < -0.3 is 5.32 Å². The number of hydrogen-bond acceptors (Lipinski definition) is 5. The van der Waals surface area contributed by atoms with Crippen molar-refractivity contribution in [2.24, 2.45) is 5.92 Å². The van der Waals surface area contributed by atoms with Crippen LogP contribution in [0.3, 0.4) is 0 Å². The maximum Gasteiger partial charge on any atom is 0.251 e. The van der Waals surface area contributed by atoms with Gasteiger partial charge in [0.1, 0.15) is 5.82 Å². The van der Waals surface area contributed by atoms with Crippen LogP contribution in [0.5, 0.6) is 0 Å². The van der Waals surface area contributed by atoms with Gasteiger partial charge in [-0.1, -0.05) is 12.1 Å². The van der Waals surface area contributed by atoms with Crippen molar-refractivity contribution in [2.75, 3.05) is 6.26 Å². The largest absolute Gasteiger partial charge is 0.349 e. The number of benzene rings is 2. The van der Waals surface area contributed by atoms with Crippen molar-refractivity contribution >= 4 is 26.6 Å². The zero-order valence-corrected chi connectivity index (χ0v) is 22.2. The van der Waals surface area contributed by atoms with Crippen molar-refractivity contribution in [1.29, 1.82) is 0 Å². The average molecular weight is 532 g/mol. The zero-order chi connectivity index (χ0) is 26.9. The summed E-state index contributed by atoms with van der Waals surface area (Å²) in [5.74, 6) is 0.368. The Morgan fingerprint density at radius 2 is 1.66 bits per heavy atom. The monoisotopic (exact) mass is 531 g/mol. The molecule has 6 nitrogen and oxygen atoms in total. The third kappa shape index (κ3) is 5.60. The lowest BCUT2D eigenvalue weighted by atomic mass is 9.75. The number of rotatable bonds is 6. The zero-order valence-electron chi connectivity index (χ0n) is 21.4. The second-order valence-corrected chi connectivity index (χ2v) is 12.1. The predicted octanol–water partition coefficient (Wildman–Crippen LogP) is 5.93. The Morgan fingerprint density at radius 3 is 2.32 bits per heavy atom. The Labute approximate surface area is 222 Å². The lowest BCUT2D eigenvalue weighted by Crippen LogP contribution is -2.39. The first-order chi connectivity index (χ1) is 18.2. The number of carbonyl (C=O) groups excluding carboxylic acids is 1. The van der Waals surface area contributed by atoms with Crippen LogP contribution in [0.1, 0.15) is 54.4 Å². The number of amides is 1. The summed E-state index contributed by atoms with van der Waals surface area (Å²) in [6.45, 7) is 2.06. The normalized spacial score (nSPS) is 18.7. The number of halogens is 1. The molecule has 196 valence electrons. The molecule has 2 aromatic carbocycles. The van der Waals surface area contributed by atoms with Gasteiger partial charge in [0.25, 0.3) is 5.91 Å². The highest BCUT2D eigenvalue weighted by molar-refractivity contribution is 7.90. The van der Waals surface area contributed by atoms with Crippen molar-refractivity contribution in [3.8, 4) is 11.1 Å². The van der Waals surface area contributed by atoms with Gasteiger partial charge >= 0.3 is 0 Å². The second-order valence-electron chi connectivity index (χ2n) is 10.2. The lowest BCUT2D eigenvalue weighted by Gasteiger charge is -2.33. The minimum absolute atomic E-state index is 0.0301. The maximum atomic E-state index is 13.9. The van der Waals surface area contributed by atoms with E-state index in [1.54, 1.807) is 36.5 Å². The van der Waals surface area contributed by atoms with Crippen LogP contribution in [0, 0.1) is 11.7 Å². The summed E-state index contributed by atoms with van der Waals surface area (Å²) in [5.41, 5.74) is 4.18. The molecule has 1 fully saturated rings. The van der Waals surface area contributed by atoms with Gasteiger partial charge in [0, 0.05) is 41.2 Å². The highest BCUT2D eigenvalue weighted by Crippen LogP contribution is 2.39. The number of aromatic nitrogens is 2. The Hall–Kier alpha value is -3.65. The van der Waals surface area contributed by atoms with Gasteiger partial charge in [0.2, 0.25) is 0 Å². The molecule has 1 amide bonds. The average Bonchev–Trinajstić information content (AvgIpc) is 2.92. The van der Waals surface area contributed by atoms with E-state index in [4.69, 9.17) is 0 Å². The van der Waals surface area contributed by atoms with Crippen molar-refractivity contribution in [3.05, 3.63) is 90.0 Å². The molecule has 1 aliphatic rings. The summed E-state index contributed by atoms with van der Waals surface area (Å²) < 4.78 is 37.1. The fraction of sp³-hybridized carbons (Fsp3) is 0.300. The molecule has 0 bridgehead atoms. The van der Waals surface area contributed by atoms with E-state index < -0.39 is 9.84 Å². The Kier molecular flexibility index (Phi) is 7.25. The summed E-state index contributed by atoms with van der Waals surface area (Å²) in [6, 6.07) is 17.2. The van der Waals surface area contributed by atoms with Crippen molar-refractivity contribution in [2.45, 2.75) is 49.6 Å². The first-order valence-corrected chi connectivity index (χ1v) is 14.7. The van der Waals surface area contributed by atoms with E-state index in [0.717, 1.165) is 59.5 Å². The molecule has 1 aliphatic carbocycles. The van der Waals surface area contributed by atoms with E-state index >= 15 is 0 Å². The molecule has 1 N–H and O–H groups in total. The van der Waals surface area contributed by atoms with E-state index in [0.29, 0.717) is 17.4 Å². The van der Waals surface area contributed by atoms with Crippen LogP contribution in [0.2, 0.25) is 0 Å². The van der Waals surface area contributed by atoms with Gasteiger partial charge in [-0.15, -0.1) is 0 Å². The number of nitrogens with zero attached hydrogens (tertiary/aromatic N) is 2. The van der Waals surface area contributed by atoms with Gasteiger partial charge in [-0.2, -0.15) is 0 Å². The van der Waals surface area contributed by atoms with Crippen LogP contribution in [0.15, 0.2) is 78.1 Å². The number of hydrogen-bond donors (Lipinski definition) is 1. The highest BCUT2D eigenvalue weighted by atomic mass is 32.2. The van der Waals surface area contributed by atoms with Crippen LogP contribution >= 0.6 is 0 Å². The van der Waals surface area contributed by atoms with Crippen LogP contribution in [0.4, 0.5) is 4.39 Å². The van der Waals surface area contributed by atoms with E-state index in [-0.39, 0.29) is 22.8 Å². The number of nitrogens with one attached hydrogen (secondary N) is 1. The molecule has 8 heteroatoms. The number of pyridine rings is 2. The Morgan fingerprint density at radius 1 is 0.947 bits per heavy atom. The van der Waals surface area contributed by atoms with Gasteiger partial charge in [-0.25, -0.2) is 17.8 Å². The molecule has 4 aromatic rings. The molecule has 2 aromatic heterocycles. The fourth-order valence-corrected chi connectivity index (χ4v) is 5.98. The minimum atomic E-state index is -3.35. The van der Waals surface area contributed by atoms with Crippen molar-refractivity contribution in [1.82, 2.24) is 15.3 Å². The first kappa shape index (κ1) is 26.0. The quantitative estimate of drug-likeness (QED) is 0.333. The van der Waals surface area contributed by atoms with Crippen LogP contribution < -0.4 is 5.32 Å². The Bertz CT molecular complexity index is 1560. The topological polar surface area (TPSA) is 89.0 Å². The van der Waals surface area contributed by atoms with E-state index in [9.17, 15) is 17.6 Å². The molecule has 0 spiro atoms. The van der Waals surface area contributed by atoms with E-state index in [1.807, 2.05) is 18.2 Å². The summed E-state index contributed by atoms with van der Waals surface area (Å²) in [4.78, 5) is 21.3. The standard InChI is InChI=1S/C30H30FN3O3S/c1-19(20-3-7-22(8-4-20)26-15-16-32-28-13-12-25(31)17-27(26)28)34-30(35)23-9-5-21(6-10-23)24-11-14-29(33-18-24)38(2,36)37/h5-6,9-20,22H,3-4,7-8H2,1-2H3,(H,34,35)/t19-,20?,22?/m1/s1. The predicted molar refractivity (Wildman–Crippen MR) is 146 cm³/mol. The number of carbonyl (C=O) groups is 1. The molecule has 0 radical (unpaired) electrons. The summed E-state index contributed by atoms with van der Waals surface area (Å²) in [6.07, 6.45) is 8.40. The molecule has 0 saturated heterocycles. The maximum absolute atomic E-state index is 13.9. The minimum Gasteiger partial charge on any atom is -0.349 e. The molecule has 0 aliphatic heterocycles. The van der Waals surface area contributed by atoms with Crippen LogP contribution in [-0.2, 0) is 9.84 Å². The molecule has 1 saturated carbocycles. The van der Waals surface area contributed by atoms with Gasteiger partial charge in [0.15, 0.2) is 14.9 Å². The third-order valence-electron chi connectivity index (χ3n) is 7.61. The lowest BCUT2D eigenvalue weighted by molar-refractivity contribution is 0.0918. The summed E-state index contributed by atoms with van der Waals surface area (Å²) in [7, 11) is -3.35. The van der Waals surface area contributed by atoms with Crippen molar-refractivity contribution in [3.63, 3.8) is 0 Å². The second kappa shape index (κ2) is 10.6. The highest BCUT2D eigenvalue weighted by Gasteiger charge is 2.28. The molecule has 38 heavy (non-hydrogen) atoms. The molecule has 2 heterocycles. The fourth-order valence-electron chi connectivity index (χ4n) is 5.42. The third-order valence-corrected chi connectivity index (χ3v) is 8.61. The molecule has 0 unspecified atom stereocenters. The Balaban J connectivity index is 1.19. The van der Waals surface area contributed by atoms with Crippen LogP contribution in [-0.4, -0.2) is 36.6 Å². The van der Waals surface area contributed by atoms with E-state index in [2.05, 4.69) is 22.2 Å². The summed E-state index contributed by atoms with van der Waals surface area (Å²) in [5, 5.41) is 4.09. The number of fused-ring (bicyclic) bond motifs is 1. The smallest absolute Gasteiger partial charge is 0.251 e. The molecule has 1 atom stereocenters. The SMILES string of the molecule is C[C@@H](NC(=O)c1ccc(-c2ccc(S(C)(=O)=O)nc2)cc1)C1CCC(c2ccnc3ccc(F)cc23)CC1. The molecular weight excluding hydrogens is 501 g/mol. The summed E-state index contributed by atoms with van der Waals surface area (Å²) >= 11 is 0. The molecular formula is C30H30FN3O3S. The van der Waals surface area contributed by atoms with E-state index in [1.165, 1.54) is 18.3 Å². The van der Waals surface area contributed by atoms with Gasteiger partial charge in [-0.05, 0) is 104 Å². The van der Waals surface area contributed by atoms with Gasteiger partial charge in [0.05, 0.1) is 5.52 Å². The van der Waals surface area contributed by atoms with Crippen molar-refractivity contribution < 1.29 is 17.6 Å². The van der Waals surface area contributed by atoms with Crippen LogP contribution in [0.25, 0.3) is 22.0 Å². The number of sulfone groups is 1. The van der Waals surface area contributed by atoms with Gasteiger partial charge in [-0.3, -0.25) is 9.78 Å². The molecule has 5 rings (SSSR count).